The number of esters is 1. The van der Waals surface area contributed by atoms with Gasteiger partial charge in [-0.3, -0.25) is 24.0 Å². The number of hydrogen-bond donors (Lipinski definition) is 4. The van der Waals surface area contributed by atoms with Crippen LogP contribution in [-0.2, 0) is 30.3 Å². The van der Waals surface area contributed by atoms with E-state index < -0.39 is 48.0 Å². The third kappa shape index (κ3) is 13.2. The predicted molar refractivity (Wildman–Crippen MR) is 200 cm³/mol. The van der Waals surface area contributed by atoms with Crippen LogP contribution in [0.25, 0.3) is 0 Å². The average Bonchev–Trinajstić information content (AvgIpc) is 3.59. The first-order valence-corrected chi connectivity index (χ1v) is 18.6. The fourth-order valence-corrected chi connectivity index (χ4v) is 7.15. The maximum Gasteiger partial charge on any atom is 0.306 e. The number of aliphatic carboxylic acids is 1. The van der Waals surface area contributed by atoms with Crippen LogP contribution in [0.1, 0.15) is 107 Å². The SMILES string of the molecule is CC[C@H](C)[C@H](NC(=O)C1CCCCN1)C(=O)N(C)[C@H](C[C@@H](OC(C)=O)c1nc(C(=O)N[C@@H](Cc2ccccc2)C[C@H](C)C(=O)O)cs1)C(C)C.Cl. The van der Waals surface area contributed by atoms with Gasteiger partial charge in [0.15, 0.2) is 6.10 Å². The van der Waals surface area contributed by atoms with Crippen LogP contribution in [0.4, 0.5) is 0 Å². The zero-order valence-corrected chi connectivity index (χ0v) is 32.5. The molecule has 2 aromatic rings. The van der Waals surface area contributed by atoms with Crippen molar-refractivity contribution in [1.82, 2.24) is 25.8 Å². The average molecular weight is 750 g/mol. The van der Waals surface area contributed by atoms with E-state index in [4.69, 9.17) is 4.74 Å². The Morgan fingerprint density at radius 2 is 1.75 bits per heavy atom. The van der Waals surface area contributed by atoms with E-state index in [9.17, 15) is 29.1 Å². The molecule has 1 aromatic carbocycles. The van der Waals surface area contributed by atoms with Crippen LogP contribution in [0.2, 0.25) is 0 Å². The summed E-state index contributed by atoms with van der Waals surface area (Å²) in [5.41, 5.74) is 1.09. The van der Waals surface area contributed by atoms with Crippen LogP contribution >= 0.6 is 23.7 Å². The molecule has 1 saturated heterocycles. The number of hydrogen-bond acceptors (Lipinski definition) is 9. The van der Waals surface area contributed by atoms with E-state index in [1.54, 1.807) is 24.3 Å². The largest absolute Gasteiger partial charge is 0.481 e. The summed E-state index contributed by atoms with van der Waals surface area (Å²) in [7, 11) is 1.71. The van der Waals surface area contributed by atoms with Crippen molar-refractivity contribution in [1.29, 1.82) is 0 Å². The van der Waals surface area contributed by atoms with Gasteiger partial charge in [-0.1, -0.05) is 77.8 Å². The van der Waals surface area contributed by atoms with E-state index >= 15 is 0 Å². The van der Waals surface area contributed by atoms with Crippen molar-refractivity contribution in [3.05, 3.63) is 52.0 Å². The number of aromatic nitrogens is 1. The zero-order valence-electron chi connectivity index (χ0n) is 30.8. The number of carboxylic acid groups (broad SMARTS) is 1. The highest BCUT2D eigenvalue weighted by molar-refractivity contribution is 7.09. The summed E-state index contributed by atoms with van der Waals surface area (Å²) in [6.45, 7) is 11.6. The van der Waals surface area contributed by atoms with Crippen LogP contribution in [-0.4, -0.2) is 82.4 Å². The number of benzene rings is 1. The van der Waals surface area contributed by atoms with Gasteiger partial charge >= 0.3 is 11.9 Å². The zero-order chi connectivity index (χ0) is 37.0. The molecule has 12 nitrogen and oxygen atoms in total. The van der Waals surface area contributed by atoms with Gasteiger partial charge in [-0.25, -0.2) is 4.98 Å². The fourth-order valence-electron chi connectivity index (χ4n) is 6.31. The normalized spacial score (nSPS) is 17.8. The van der Waals surface area contributed by atoms with E-state index in [0.29, 0.717) is 17.8 Å². The minimum atomic E-state index is -0.945. The number of carbonyl (C=O) groups is 5. The molecule has 3 amide bonds. The molecule has 0 saturated carbocycles. The molecule has 0 radical (unpaired) electrons. The molecular formula is C37H56ClN5O7S. The summed E-state index contributed by atoms with van der Waals surface area (Å²) in [5, 5.41) is 20.8. The highest BCUT2D eigenvalue weighted by Gasteiger charge is 2.36. The summed E-state index contributed by atoms with van der Waals surface area (Å²) in [4.78, 5) is 70.8. The minimum Gasteiger partial charge on any atom is -0.481 e. The fraction of sp³-hybridized carbons (Fsp3) is 0.622. The smallest absolute Gasteiger partial charge is 0.306 e. The first kappa shape index (κ1) is 43.6. The van der Waals surface area contributed by atoms with Gasteiger partial charge in [-0.15, -0.1) is 23.7 Å². The summed E-state index contributed by atoms with van der Waals surface area (Å²) < 4.78 is 5.75. The Bertz CT molecular complexity index is 1440. The number of ether oxygens (including phenoxy) is 1. The van der Waals surface area contributed by atoms with E-state index in [-0.39, 0.29) is 60.6 Å². The molecule has 1 aliphatic heterocycles. The Morgan fingerprint density at radius 1 is 1.06 bits per heavy atom. The third-order valence-corrected chi connectivity index (χ3v) is 10.5. The molecule has 1 aromatic heterocycles. The Balaban J connectivity index is 0.00000901. The van der Waals surface area contributed by atoms with Crippen molar-refractivity contribution in [2.45, 2.75) is 117 Å². The van der Waals surface area contributed by atoms with Gasteiger partial charge in [-0.2, -0.15) is 0 Å². The third-order valence-electron chi connectivity index (χ3n) is 9.53. The molecule has 0 spiro atoms. The van der Waals surface area contributed by atoms with Crippen molar-refractivity contribution in [3.8, 4) is 0 Å². The number of nitrogens with zero attached hydrogens (tertiary/aromatic N) is 2. The van der Waals surface area contributed by atoms with Crippen molar-refractivity contribution in [2.24, 2.45) is 17.8 Å². The number of carbonyl (C=O) groups excluding carboxylic acids is 4. The van der Waals surface area contributed by atoms with Crippen molar-refractivity contribution < 1.29 is 33.8 Å². The molecule has 1 aliphatic rings. The van der Waals surface area contributed by atoms with Crippen LogP contribution in [0, 0.1) is 17.8 Å². The van der Waals surface area contributed by atoms with Gasteiger partial charge in [0.25, 0.3) is 5.91 Å². The number of likely N-dealkylation sites (N-methyl/N-ethyl adjacent to an activating group) is 1. The number of amides is 3. The second kappa shape index (κ2) is 21.1. The standard InChI is InChI=1S/C37H55N5O7S.ClH/c1-8-23(4)32(41-33(44)28-16-12-13-17-38-28)36(46)42(7)30(22(2)3)20-31(49-25(6)43)35-40-29(21-50-35)34(45)39-27(18-24(5)37(47)48)19-26-14-10-9-11-15-26;/h9-11,14-15,21-24,27-28,30-32,38H,8,12-13,16-20H2,1-7H3,(H,39,45)(H,41,44)(H,47,48);1H/t23-,24-,27+,28?,30+,31+,32-;/m0./s1. The van der Waals surface area contributed by atoms with Gasteiger partial charge < -0.3 is 30.7 Å². The van der Waals surface area contributed by atoms with Gasteiger partial charge in [0.2, 0.25) is 11.8 Å². The summed E-state index contributed by atoms with van der Waals surface area (Å²) >= 11 is 1.18. The van der Waals surface area contributed by atoms with Gasteiger partial charge in [0.1, 0.15) is 16.7 Å². The molecule has 51 heavy (non-hydrogen) atoms. The second-order valence-electron chi connectivity index (χ2n) is 13.9. The molecule has 284 valence electrons. The number of thiazole rings is 1. The van der Waals surface area contributed by atoms with Crippen LogP contribution in [0.15, 0.2) is 35.7 Å². The molecule has 7 atom stereocenters. The lowest BCUT2D eigenvalue weighted by Gasteiger charge is -2.37. The van der Waals surface area contributed by atoms with Crippen molar-refractivity contribution >= 4 is 53.4 Å². The molecule has 3 rings (SSSR count). The van der Waals surface area contributed by atoms with Gasteiger partial charge in [0.05, 0.1) is 12.0 Å². The van der Waals surface area contributed by atoms with Gasteiger partial charge in [-0.05, 0) is 49.6 Å². The lowest BCUT2D eigenvalue weighted by atomic mass is 9.92. The van der Waals surface area contributed by atoms with E-state index in [1.165, 1.54) is 18.3 Å². The second-order valence-corrected chi connectivity index (χ2v) is 14.8. The molecule has 4 N–H and O–H groups in total. The maximum absolute atomic E-state index is 14.1. The lowest BCUT2D eigenvalue weighted by molar-refractivity contribution is -0.149. The molecule has 2 heterocycles. The first-order valence-electron chi connectivity index (χ1n) is 17.7. The first-order chi connectivity index (χ1) is 23.7. The van der Waals surface area contributed by atoms with Gasteiger partial charge in [0, 0.05) is 37.9 Å². The lowest BCUT2D eigenvalue weighted by Crippen LogP contribution is -2.57. The molecule has 1 fully saturated rings. The molecule has 0 bridgehead atoms. The minimum absolute atomic E-state index is 0. The summed E-state index contributed by atoms with van der Waals surface area (Å²) in [6, 6.07) is 7.63. The number of rotatable bonds is 18. The Hall–Kier alpha value is -3.55. The van der Waals surface area contributed by atoms with Crippen molar-refractivity contribution in [2.75, 3.05) is 13.6 Å². The highest BCUT2D eigenvalue weighted by Crippen LogP contribution is 2.31. The number of carboxylic acids is 1. The van der Waals surface area contributed by atoms with E-state index in [2.05, 4.69) is 20.9 Å². The number of piperidine rings is 1. The predicted octanol–water partition coefficient (Wildman–Crippen LogP) is 5.17. The maximum atomic E-state index is 14.1. The molecule has 1 unspecified atom stereocenters. The summed E-state index contributed by atoms with van der Waals surface area (Å²) in [5.74, 6) is -3.15. The highest BCUT2D eigenvalue weighted by atomic mass is 35.5. The Kier molecular flexibility index (Phi) is 18.0. The topological polar surface area (TPSA) is 167 Å². The molecule has 0 aliphatic carbocycles. The van der Waals surface area contributed by atoms with Crippen LogP contribution in [0.3, 0.4) is 0 Å². The number of halogens is 1. The quantitative estimate of drug-likeness (QED) is 0.151. The van der Waals surface area contributed by atoms with E-state index in [1.807, 2.05) is 58.0 Å². The van der Waals surface area contributed by atoms with Crippen LogP contribution < -0.4 is 16.0 Å². The van der Waals surface area contributed by atoms with E-state index in [0.717, 1.165) is 31.4 Å². The van der Waals surface area contributed by atoms with Crippen molar-refractivity contribution in [3.63, 3.8) is 0 Å². The van der Waals surface area contributed by atoms with Crippen LogP contribution in [0.5, 0.6) is 0 Å². The summed E-state index contributed by atoms with van der Waals surface area (Å²) in [6.07, 6.45) is 3.46. The Morgan fingerprint density at radius 3 is 2.31 bits per heavy atom. The monoisotopic (exact) mass is 749 g/mol. The Labute approximate surface area is 312 Å². The molecule has 14 heteroatoms. The molecular weight excluding hydrogens is 694 g/mol. The number of nitrogens with one attached hydrogen (secondary N) is 3.